The van der Waals surface area contributed by atoms with E-state index >= 15 is 0 Å². The van der Waals surface area contributed by atoms with Crippen molar-refractivity contribution in [1.82, 2.24) is 0 Å². The summed E-state index contributed by atoms with van der Waals surface area (Å²) in [4.78, 5) is 22.7. The number of hydrogen-bond acceptors (Lipinski definition) is 5. The lowest BCUT2D eigenvalue weighted by Crippen LogP contribution is -2.33. The van der Waals surface area contributed by atoms with Gasteiger partial charge in [-0.1, -0.05) is 26.7 Å². The molecular weight excluding hydrogens is 234 g/mol. The van der Waals surface area contributed by atoms with Crippen LogP contribution in [-0.4, -0.2) is 31.2 Å². The Morgan fingerprint density at radius 2 is 1.61 bits per heavy atom. The monoisotopic (exact) mass is 259 g/mol. The first-order valence-corrected chi connectivity index (χ1v) is 6.69. The number of carbonyl (C=O) groups excluding carboxylic acids is 2. The fourth-order valence-corrected chi connectivity index (χ4v) is 1.22. The van der Waals surface area contributed by atoms with Crippen LogP contribution in [0.15, 0.2) is 0 Å². The minimum atomic E-state index is -0.736. The number of carbonyl (C=O) groups is 2. The third-order valence-electron chi connectivity index (χ3n) is 2.47. The number of unbranched alkanes of at least 4 members (excludes halogenated alkanes) is 2. The maximum absolute atomic E-state index is 11.4. The van der Waals surface area contributed by atoms with Gasteiger partial charge in [0.05, 0.1) is 13.2 Å². The molecule has 0 amide bonds. The lowest BCUT2D eigenvalue weighted by atomic mass is 10.2. The Morgan fingerprint density at radius 3 is 2.17 bits per heavy atom. The van der Waals surface area contributed by atoms with Crippen molar-refractivity contribution in [3.05, 3.63) is 0 Å². The van der Waals surface area contributed by atoms with Crippen LogP contribution in [0, 0.1) is 0 Å². The van der Waals surface area contributed by atoms with Crippen LogP contribution in [0.3, 0.4) is 0 Å². The van der Waals surface area contributed by atoms with Crippen molar-refractivity contribution >= 4 is 11.9 Å². The molecule has 0 saturated heterocycles. The van der Waals surface area contributed by atoms with Gasteiger partial charge >= 0.3 is 11.9 Å². The van der Waals surface area contributed by atoms with E-state index in [1.807, 2.05) is 13.8 Å². The Bertz CT molecular complexity index is 243. The standard InChI is InChI=1S/C13H25NO4/c1-3-5-9-17-12(15)8-7-11(14)13(16)18-10-6-4-2/h11H,3-10,14H2,1-2H3/t11-/m1/s1. The van der Waals surface area contributed by atoms with Gasteiger partial charge in [-0.05, 0) is 19.3 Å². The van der Waals surface area contributed by atoms with Gasteiger partial charge in [0, 0.05) is 6.42 Å². The second-order valence-electron chi connectivity index (χ2n) is 4.24. The van der Waals surface area contributed by atoms with Gasteiger partial charge < -0.3 is 15.2 Å². The topological polar surface area (TPSA) is 78.6 Å². The number of hydrogen-bond donors (Lipinski definition) is 1. The molecule has 0 fully saturated rings. The van der Waals surface area contributed by atoms with Crippen LogP contribution < -0.4 is 5.73 Å². The van der Waals surface area contributed by atoms with Crippen molar-refractivity contribution in [3.63, 3.8) is 0 Å². The minimum Gasteiger partial charge on any atom is -0.466 e. The fraction of sp³-hybridized carbons (Fsp3) is 0.846. The second kappa shape index (κ2) is 11.0. The minimum absolute atomic E-state index is 0.160. The number of rotatable bonds is 10. The number of ether oxygens (including phenoxy) is 2. The van der Waals surface area contributed by atoms with Crippen LogP contribution in [0.1, 0.15) is 52.4 Å². The average Bonchev–Trinajstić information content (AvgIpc) is 2.36. The first-order chi connectivity index (χ1) is 8.61. The van der Waals surface area contributed by atoms with E-state index in [-0.39, 0.29) is 18.8 Å². The molecule has 0 unspecified atom stereocenters. The second-order valence-corrected chi connectivity index (χ2v) is 4.24. The highest BCUT2D eigenvalue weighted by atomic mass is 16.5. The Kier molecular flexibility index (Phi) is 10.3. The summed E-state index contributed by atoms with van der Waals surface area (Å²) >= 11 is 0. The molecule has 18 heavy (non-hydrogen) atoms. The summed E-state index contributed by atoms with van der Waals surface area (Å²) in [5, 5.41) is 0. The van der Waals surface area contributed by atoms with E-state index in [4.69, 9.17) is 15.2 Å². The molecule has 0 aliphatic rings. The number of esters is 2. The summed E-state index contributed by atoms with van der Waals surface area (Å²) < 4.78 is 9.92. The van der Waals surface area contributed by atoms with Crippen molar-refractivity contribution in [1.29, 1.82) is 0 Å². The zero-order valence-electron chi connectivity index (χ0n) is 11.4. The fourth-order valence-electron chi connectivity index (χ4n) is 1.22. The van der Waals surface area contributed by atoms with Gasteiger partial charge in [-0.2, -0.15) is 0 Å². The van der Waals surface area contributed by atoms with E-state index in [0.29, 0.717) is 13.2 Å². The predicted molar refractivity (Wildman–Crippen MR) is 68.9 cm³/mol. The van der Waals surface area contributed by atoms with Gasteiger partial charge in [0.1, 0.15) is 6.04 Å². The smallest absolute Gasteiger partial charge is 0.322 e. The lowest BCUT2D eigenvalue weighted by molar-refractivity contribution is -0.146. The maximum Gasteiger partial charge on any atom is 0.322 e. The average molecular weight is 259 g/mol. The van der Waals surface area contributed by atoms with Crippen molar-refractivity contribution < 1.29 is 19.1 Å². The Labute approximate surface area is 109 Å². The highest BCUT2D eigenvalue weighted by Gasteiger charge is 2.16. The van der Waals surface area contributed by atoms with E-state index in [0.717, 1.165) is 25.7 Å². The van der Waals surface area contributed by atoms with Gasteiger partial charge in [-0.15, -0.1) is 0 Å². The van der Waals surface area contributed by atoms with E-state index in [1.165, 1.54) is 0 Å². The first-order valence-electron chi connectivity index (χ1n) is 6.69. The van der Waals surface area contributed by atoms with Crippen LogP contribution in [0.4, 0.5) is 0 Å². The highest BCUT2D eigenvalue weighted by Crippen LogP contribution is 2.01. The van der Waals surface area contributed by atoms with Crippen molar-refractivity contribution in [3.8, 4) is 0 Å². The largest absolute Gasteiger partial charge is 0.466 e. The molecule has 0 aromatic rings. The summed E-state index contributed by atoms with van der Waals surface area (Å²) in [6.07, 6.45) is 4.07. The molecule has 0 radical (unpaired) electrons. The normalized spacial score (nSPS) is 11.9. The van der Waals surface area contributed by atoms with Crippen LogP contribution in [-0.2, 0) is 19.1 Å². The van der Waals surface area contributed by atoms with E-state index in [1.54, 1.807) is 0 Å². The van der Waals surface area contributed by atoms with Gasteiger partial charge in [0.15, 0.2) is 0 Å². The summed E-state index contributed by atoms with van der Waals surface area (Å²) in [5.74, 6) is -0.745. The number of nitrogens with two attached hydrogens (primary N) is 1. The van der Waals surface area contributed by atoms with Crippen LogP contribution in [0.25, 0.3) is 0 Å². The molecule has 5 nitrogen and oxygen atoms in total. The molecular formula is C13H25NO4. The Morgan fingerprint density at radius 1 is 1.06 bits per heavy atom. The van der Waals surface area contributed by atoms with E-state index < -0.39 is 12.0 Å². The zero-order chi connectivity index (χ0) is 13.8. The maximum atomic E-state index is 11.4. The molecule has 0 saturated carbocycles. The molecule has 2 N–H and O–H groups in total. The van der Waals surface area contributed by atoms with Crippen molar-refractivity contribution in [2.45, 2.75) is 58.4 Å². The molecule has 106 valence electrons. The molecule has 0 spiro atoms. The molecule has 0 aliphatic heterocycles. The summed E-state index contributed by atoms with van der Waals surface area (Å²) in [6, 6.07) is -0.736. The molecule has 0 bridgehead atoms. The molecule has 0 heterocycles. The Balaban J connectivity index is 3.64. The summed E-state index contributed by atoms with van der Waals surface area (Å²) in [7, 11) is 0. The van der Waals surface area contributed by atoms with Gasteiger partial charge in [-0.25, -0.2) is 0 Å². The third-order valence-corrected chi connectivity index (χ3v) is 2.47. The van der Waals surface area contributed by atoms with Crippen molar-refractivity contribution in [2.24, 2.45) is 5.73 Å². The quantitative estimate of drug-likeness (QED) is 0.478. The van der Waals surface area contributed by atoms with Gasteiger partial charge in [-0.3, -0.25) is 9.59 Å². The SMILES string of the molecule is CCCCOC(=O)CC[C@@H](N)C(=O)OCCCC. The van der Waals surface area contributed by atoms with Crippen LogP contribution >= 0.6 is 0 Å². The summed E-state index contributed by atoms with van der Waals surface area (Å²) in [6.45, 7) is 4.87. The lowest BCUT2D eigenvalue weighted by Gasteiger charge is -2.11. The molecule has 1 atom stereocenters. The molecule has 5 heteroatoms. The zero-order valence-corrected chi connectivity index (χ0v) is 11.4. The molecule has 0 rings (SSSR count). The third kappa shape index (κ3) is 8.98. The molecule has 0 aromatic carbocycles. The summed E-state index contributed by atoms with van der Waals surface area (Å²) in [5.41, 5.74) is 5.62. The highest BCUT2D eigenvalue weighted by molar-refractivity contribution is 5.77. The molecule has 0 aliphatic carbocycles. The Hall–Kier alpha value is -1.10. The van der Waals surface area contributed by atoms with E-state index in [9.17, 15) is 9.59 Å². The van der Waals surface area contributed by atoms with Crippen molar-refractivity contribution in [2.75, 3.05) is 13.2 Å². The van der Waals surface area contributed by atoms with Crippen LogP contribution in [0.2, 0.25) is 0 Å². The first kappa shape index (κ1) is 16.9. The molecule has 0 aromatic heterocycles. The predicted octanol–water partition coefficient (Wildman–Crippen LogP) is 1.78. The van der Waals surface area contributed by atoms with Crippen LogP contribution in [0.5, 0.6) is 0 Å². The van der Waals surface area contributed by atoms with E-state index in [2.05, 4.69) is 0 Å². The van der Waals surface area contributed by atoms with Gasteiger partial charge in [0.25, 0.3) is 0 Å². The van der Waals surface area contributed by atoms with Gasteiger partial charge in [0.2, 0.25) is 0 Å².